The third kappa shape index (κ3) is 6.24. The number of carbonyl (C=O) groups excluding carboxylic acids is 1. The molecule has 0 unspecified atom stereocenters. The molecule has 0 radical (unpaired) electrons. The molecule has 1 aliphatic rings. The first kappa shape index (κ1) is 24.9. The fraction of sp³-hybridized carbons (Fsp3) is 0.207. The summed E-state index contributed by atoms with van der Waals surface area (Å²) in [4.78, 5) is 19.8. The van der Waals surface area contributed by atoms with Crippen molar-refractivity contribution in [3.05, 3.63) is 114 Å². The quantitative estimate of drug-likeness (QED) is 0.418. The van der Waals surface area contributed by atoms with E-state index in [1.807, 2.05) is 74.0 Å². The lowest BCUT2D eigenvalue weighted by Gasteiger charge is -2.23. The molecule has 1 aliphatic carbocycles. The van der Waals surface area contributed by atoms with Gasteiger partial charge in [0.1, 0.15) is 5.82 Å². The van der Waals surface area contributed by atoms with Gasteiger partial charge < -0.3 is 10.2 Å². The number of halogens is 1. The van der Waals surface area contributed by atoms with Crippen molar-refractivity contribution in [2.24, 2.45) is 4.99 Å². The molecule has 3 aromatic rings. The monoisotopic (exact) mass is 483 g/mol. The lowest BCUT2D eigenvalue weighted by molar-refractivity contribution is -0.112. The standard InChI is InChI=1S/C29H30FN5O/c1-3-34(2)28-14-7-9-22(29(36)33-24-11-5-4-6-12-24)15-16-27(28)31-19-17-25-18-20-32-35(25)26-13-8-10-23(30)21-26/h4-13,15,18-21H,3,14,16-17H2,1-2H3,(H,33,36)/b9-7-,22-15+,28-27-,31-19?. The molecular weight excluding hydrogens is 453 g/mol. The summed E-state index contributed by atoms with van der Waals surface area (Å²) in [5, 5.41) is 7.29. The lowest BCUT2D eigenvalue weighted by Crippen LogP contribution is -2.19. The second-order valence-electron chi connectivity index (χ2n) is 8.43. The zero-order chi connectivity index (χ0) is 25.3. The van der Waals surface area contributed by atoms with Gasteiger partial charge in [-0.15, -0.1) is 0 Å². The second kappa shape index (κ2) is 11.9. The van der Waals surface area contributed by atoms with E-state index in [1.165, 1.54) is 12.1 Å². The summed E-state index contributed by atoms with van der Waals surface area (Å²) in [5.41, 5.74) is 4.96. The highest BCUT2D eigenvalue weighted by Gasteiger charge is 2.14. The van der Waals surface area contributed by atoms with Crippen molar-refractivity contribution < 1.29 is 9.18 Å². The zero-order valence-corrected chi connectivity index (χ0v) is 20.6. The van der Waals surface area contributed by atoms with Crippen LogP contribution in [0.5, 0.6) is 0 Å². The molecule has 0 spiro atoms. The van der Waals surface area contributed by atoms with Crippen molar-refractivity contribution in [1.82, 2.24) is 14.7 Å². The number of hydrogen-bond donors (Lipinski definition) is 1. The first-order chi connectivity index (χ1) is 17.5. The van der Waals surface area contributed by atoms with E-state index in [4.69, 9.17) is 4.99 Å². The molecule has 0 fully saturated rings. The van der Waals surface area contributed by atoms with Crippen LogP contribution in [0.4, 0.5) is 10.1 Å². The number of nitrogens with one attached hydrogen (secondary N) is 1. The van der Waals surface area contributed by atoms with Crippen molar-refractivity contribution in [2.75, 3.05) is 18.9 Å². The van der Waals surface area contributed by atoms with E-state index in [2.05, 4.69) is 22.2 Å². The van der Waals surface area contributed by atoms with Crippen molar-refractivity contribution >= 4 is 17.8 Å². The number of allylic oxidation sites excluding steroid dienone is 2. The molecule has 2 aromatic carbocycles. The number of aromatic nitrogens is 2. The maximum Gasteiger partial charge on any atom is 0.255 e. The van der Waals surface area contributed by atoms with E-state index in [0.717, 1.165) is 29.3 Å². The van der Waals surface area contributed by atoms with Gasteiger partial charge in [0.2, 0.25) is 0 Å². The number of amides is 1. The van der Waals surface area contributed by atoms with Gasteiger partial charge in [0.25, 0.3) is 5.91 Å². The van der Waals surface area contributed by atoms with Gasteiger partial charge in [-0.25, -0.2) is 9.07 Å². The van der Waals surface area contributed by atoms with E-state index in [9.17, 15) is 9.18 Å². The summed E-state index contributed by atoms with van der Waals surface area (Å²) >= 11 is 0. The number of carbonyl (C=O) groups is 1. The van der Waals surface area contributed by atoms with Gasteiger partial charge in [0.15, 0.2) is 0 Å². The van der Waals surface area contributed by atoms with E-state index in [1.54, 1.807) is 16.9 Å². The Morgan fingerprint density at radius 1 is 1.17 bits per heavy atom. The van der Waals surface area contributed by atoms with Crippen LogP contribution < -0.4 is 5.32 Å². The molecule has 6 nitrogen and oxygen atoms in total. The lowest BCUT2D eigenvalue weighted by atomic mass is 10.0. The normalized spacial score (nSPS) is 18.2. The number of aliphatic imine (C=N–C) groups is 1. The molecule has 1 N–H and O–H groups in total. The van der Waals surface area contributed by atoms with Gasteiger partial charge in [-0.1, -0.05) is 42.5 Å². The summed E-state index contributed by atoms with van der Waals surface area (Å²) in [6, 6.07) is 17.7. The fourth-order valence-corrected chi connectivity index (χ4v) is 3.97. The smallest absolute Gasteiger partial charge is 0.255 e. The summed E-state index contributed by atoms with van der Waals surface area (Å²) in [5.74, 6) is -0.450. The van der Waals surface area contributed by atoms with Crippen LogP contribution in [0.1, 0.15) is 25.5 Å². The third-order valence-electron chi connectivity index (χ3n) is 6.01. The predicted molar refractivity (Wildman–Crippen MR) is 143 cm³/mol. The average Bonchev–Trinajstić information content (AvgIpc) is 3.34. The summed E-state index contributed by atoms with van der Waals surface area (Å²) < 4.78 is 15.4. The molecule has 0 saturated heterocycles. The topological polar surface area (TPSA) is 62.5 Å². The molecule has 0 bridgehead atoms. The molecule has 1 aromatic heterocycles. The minimum atomic E-state index is -0.304. The minimum absolute atomic E-state index is 0.146. The highest BCUT2D eigenvalue weighted by Crippen LogP contribution is 2.23. The highest BCUT2D eigenvalue weighted by molar-refractivity contribution is 6.05. The minimum Gasteiger partial charge on any atom is -0.376 e. The molecule has 0 atom stereocenters. The van der Waals surface area contributed by atoms with Gasteiger partial charge in [-0.2, -0.15) is 5.10 Å². The van der Waals surface area contributed by atoms with E-state index < -0.39 is 0 Å². The number of rotatable bonds is 8. The maximum atomic E-state index is 13.7. The van der Waals surface area contributed by atoms with Crippen LogP contribution in [0.3, 0.4) is 0 Å². The maximum absolute atomic E-state index is 13.7. The molecule has 1 heterocycles. The van der Waals surface area contributed by atoms with Crippen LogP contribution in [-0.4, -0.2) is 40.4 Å². The number of para-hydroxylation sites is 1. The van der Waals surface area contributed by atoms with Gasteiger partial charge in [0.05, 0.1) is 11.4 Å². The molecule has 0 saturated carbocycles. The SMILES string of the molecule is CCN(C)/C1=C(\N=CCc2ccnn2-c2cccc(F)c2)C/C=C(C(=O)Nc2ccccc2)\C=C/C1. The van der Waals surface area contributed by atoms with Crippen molar-refractivity contribution in [3.63, 3.8) is 0 Å². The average molecular weight is 484 g/mol. The molecule has 184 valence electrons. The van der Waals surface area contributed by atoms with E-state index in [0.29, 0.717) is 30.5 Å². The van der Waals surface area contributed by atoms with Crippen LogP contribution in [0.15, 0.2) is 107 Å². The zero-order valence-electron chi connectivity index (χ0n) is 20.6. The second-order valence-corrected chi connectivity index (χ2v) is 8.43. The van der Waals surface area contributed by atoms with Gasteiger partial charge >= 0.3 is 0 Å². The van der Waals surface area contributed by atoms with E-state index in [-0.39, 0.29) is 11.7 Å². The van der Waals surface area contributed by atoms with Gasteiger partial charge in [-0.3, -0.25) is 9.79 Å². The first-order valence-electron chi connectivity index (χ1n) is 12.0. The van der Waals surface area contributed by atoms with Gasteiger partial charge in [-0.05, 0) is 43.3 Å². The highest BCUT2D eigenvalue weighted by atomic mass is 19.1. The number of nitrogens with zero attached hydrogens (tertiary/aromatic N) is 4. The first-order valence-corrected chi connectivity index (χ1v) is 12.0. The Hall–Kier alpha value is -4.26. The molecule has 0 aliphatic heterocycles. The summed E-state index contributed by atoms with van der Waals surface area (Å²) in [7, 11) is 2.05. The Bertz CT molecular complexity index is 1320. The van der Waals surface area contributed by atoms with Crippen LogP contribution in [0.2, 0.25) is 0 Å². The third-order valence-corrected chi connectivity index (χ3v) is 6.01. The molecular formula is C29H30FN5O. The molecule has 4 rings (SSSR count). The number of anilines is 1. The van der Waals surface area contributed by atoms with Crippen molar-refractivity contribution in [1.29, 1.82) is 0 Å². The number of benzene rings is 2. The Morgan fingerprint density at radius 2 is 2.00 bits per heavy atom. The Balaban J connectivity index is 1.54. The van der Waals surface area contributed by atoms with Crippen molar-refractivity contribution in [2.45, 2.75) is 26.2 Å². The van der Waals surface area contributed by atoms with Crippen LogP contribution >= 0.6 is 0 Å². The summed E-state index contributed by atoms with van der Waals surface area (Å²) in [6.45, 7) is 2.95. The fourth-order valence-electron chi connectivity index (χ4n) is 3.97. The van der Waals surface area contributed by atoms with Crippen LogP contribution in [-0.2, 0) is 11.2 Å². The van der Waals surface area contributed by atoms with Gasteiger partial charge in [0, 0.05) is 67.9 Å². The van der Waals surface area contributed by atoms with Crippen LogP contribution in [0.25, 0.3) is 5.69 Å². The van der Waals surface area contributed by atoms with E-state index >= 15 is 0 Å². The molecule has 7 heteroatoms. The Kier molecular flexibility index (Phi) is 8.24. The molecule has 36 heavy (non-hydrogen) atoms. The van der Waals surface area contributed by atoms with Crippen molar-refractivity contribution in [3.8, 4) is 5.69 Å². The summed E-state index contributed by atoms with van der Waals surface area (Å²) in [6.07, 6.45) is 11.1. The largest absolute Gasteiger partial charge is 0.376 e. The Labute approximate surface area is 211 Å². The number of hydrogen-bond acceptors (Lipinski definition) is 4. The predicted octanol–water partition coefficient (Wildman–Crippen LogP) is 5.70. The van der Waals surface area contributed by atoms with Crippen LogP contribution in [0, 0.1) is 5.82 Å². The molecule has 1 amide bonds. The Morgan fingerprint density at radius 3 is 2.78 bits per heavy atom.